The molecule has 2 aromatic heterocycles. The standard InChI is InChI=1S/C18H13N3/c19-12-14-11-16-15-6-2-1-5-13(15)8-9-17(16)21(14)18-7-3-4-10-20-18/h1-7,10-11H,8-9H2. The molecule has 1 aliphatic carbocycles. The Morgan fingerprint density at radius 3 is 2.67 bits per heavy atom. The second-order valence-corrected chi connectivity index (χ2v) is 5.18. The Morgan fingerprint density at radius 2 is 1.86 bits per heavy atom. The lowest BCUT2D eigenvalue weighted by molar-refractivity contribution is 0.833. The van der Waals surface area contributed by atoms with E-state index in [0.717, 1.165) is 18.7 Å². The third kappa shape index (κ3) is 1.77. The molecule has 3 heteroatoms. The predicted octanol–water partition coefficient (Wildman–Crippen LogP) is 3.51. The van der Waals surface area contributed by atoms with E-state index in [4.69, 9.17) is 0 Å². The first kappa shape index (κ1) is 11.9. The highest BCUT2D eigenvalue weighted by Gasteiger charge is 2.23. The van der Waals surface area contributed by atoms with Crippen LogP contribution < -0.4 is 0 Å². The molecule has 0 fully saturated rings. The molecule has 3 nitrogen and oxygen atoms in total. The summed E-state index contributed by atoms with van der Waals surface area (Å²) in [7, 11) is 0. The van der Waals surface area contributed by atoms with Crippen molar-refractivity contribution in [2.24, 2.45) is 0 Å². The lowest BCUT2D eigenvalue weighted by Gasteiger charge is -2.18. The highest BCUT2D eigenvalue weighted by molar-refractivity contribution is 5.74. The van der Waals surface area contributed by atoms with Crippen LogP contribution in [0, 0.1) is 11.3 Å². The highest BCUT2D eigenvalue weighted by atomic mass is 15.1. The topological polar surface area (TPSA) is 41.6 Å². The fourth-order valence-corrected chi connectivity index (χ4v) is 3.11. The van der Waals surface area contributed by atoms with E-state index in [1.165, 1.54) is 22.4 Å². The van der Waals surface area contributed by atoms with Crippen LogP contribution in [0.25, 0.3) is 16.9 Å². The van der Waals surface area contributed by atoms with Gasteiger partial charge in [0.15, 0.2) is 0 Å². The molecular weight excluding hydrogens is 258 g/mol. The average Bonchev–Trinajstić information content (AvgIpc) is 2.94. The number of aromatic nitrogens is 2. The minimum Gasteiger partial charge on any atom is -0.289 e. The van der Waals surface area contributed by atoms with Crippen molar-refractivity contribution < 1.29 is 0 Å². The molecule has 4 rings (SSSR count). The summed E-state index contributed by atoms with van der Waals surface area (Å²) in [5.41, 5.74) is 5.59. The molecule has 1 aromatic carbocycles. The third-order valence-corrected chi connectivity index (χ3v) is 4.03. The van der Waals surface area contributed by atoms with Crippen molar-refractivity contribution in [2.45, 2.75) is 12.8 Å². The Hall–Kier alpha value is -2.86. The molecule has 0 N–H and O–H groups in total. The number of hydrogen-bond donors (Lipinski definition) is 0. The van der Waals surface area contributed by atoms with Crippen LogP contribution in [0.2, 0.25) is 0 Å². The van der Waals surface area contributed by atoms with Crippen LogP contribution in [0.15, 0.2) is 54.7 Å². The molecule has 0 bridgehead atoms. The van der Waals surface area contributed by atoms with Crippen LogP contribution in [0.3, 0.4) is 0 Å². The third-order valence-electron chi connectivity index (χ3n) is 4.03. The van der Waals surface area contributed by atoms with Crippen molar-refractivity contribution in [3.05, 3.63) is 71.7 Å². The number of benzene rings is 1. The molecular formula is C18H13N3. The molecule has 100 valence electrons. The van der Waals surface area contributed by atoms with Gasteiger partial charge >= 0.3 is 0 Å². The molecule has 21 heavy (non-hydrogen) atoms. The summed E-state index contributed by atoms with van der Waals surface area (Å²) in [4.78, 5) is 4.41. The van der Waals surface area contributed by atoms with Crippen molar-refractivity contribution in [2.75, 3.05) is 0 Å². The second-order valence-electron chi connectivity index (χ2n) is 5.18. The zero-order chi connectivity index (χ0) is 14.2. The zero-order valence-corrected chi connectivity index (χ0v) is 11.5. The summed E-state index contributed by atoms with van der Waals surface area (Å²) in [6.45, 7) is 0. The van der Waals surface area contributed by atoms with Crippen molar-refractivity contribution in [1.82, 2.24) is 9.55 Å². The zero-order valence-electron chi connectivity index (χ0n) is 11.5. The molecule has 3 aromatic rings. The molecule has 0 radical (unpaired) electrons. The summed E-state index contributed by atoms with van der Waals surface area (Å²) in [6, 6.07) is 18.5. The van der Waals surface area contributed by atoms with E-state index in [2.05, 4.69) is 35.3 Å². The van der Waals surface area contributed by atoms with E-state index in [0.29, 0.717) is 5.69 Å². The van der Waals surface area contributed by atoms with E-state index < -0.39 is 0 Å². The quantitative estimate of drug-likeness (QED) is 0.679. The van der Waals surface area contributed by atoms with Crippen LogP contribution in [-0.2, 0) is 12.8 Å². The summed E-state index contributed by atoms with van der Waals surface area (Å²) >= 11 is 0. The van der Waals surface area contributed by atoms with E-state index in [-0.39, 0.29) is 0 Å². The SMILES string of the molecule is N#Cc1cc2c(n1-c1ccccn1)CCc1ccccc1-2. The maximum absolute atomic E-state index is 9.48. The highest BCUT2D eigenvalue weighted by Crippen LogP contribution is 2.36. The molecule has 0 saturated carbocycles. The van der Waals surface area contributed by atoms with Gasteiger partial charge in [-0.05, 0) is 42.2 Å². The molecule has 0 atom stereocenters. The van der Waals surface area contributed by atoms with Crippen LogP contribution >= 0.6 is 0 Å². The average molecular weight is 271 g/mol. The van der Waals surface area contributed by atoms with Gasteiger partial charge in [-0.25, -0.2) is 4.98 Å². The molecule has 2 heterocycles. The summed E-state index contributed by atoms with van der Waals surface area (Å²) < 4.78 is 1.99. The van der Waals surface area contributed by atoms with Gasteiger partial charge in [0.2, 0.25) is 0 Å². The summed E-state index contributed by atoms with van der Waals surface area (Å²) in [6.07, 6.45) is 3.70. The number of nitriles is 1. The maximum Gasteiger partial charge on any atom is 0.137 e. The lowest BCUT2D eigenvalue weighted by atomic mass is 9.90. The van der Waals surface area contributed by atoms with Crippen LogP contribution in [0.5, 0.6) is 0 Å². The van der Waals surface area contributed by atoms with Gasteiger partial charge in [0, 0.05) is 17.5 Å². The van der Waals surface area contributed by atoms with Crippen LogP contribution in [-0.4, -0.2) is 9.55 Å². The fourth-order valence-electron chi connectivity index (χ4n) is 3.11. The smallest absolute Gasteiger partial charge is 0.137 e. The monoisotopic (exact) mass is 271 g/mol. The minimum absolute atomic E-state index is 0.649. The number of nitrogens with zero attached hydrogens (tertiary/aromatic N) is 3. The second kappa shape index (κ2) is 4.60. The van der Waals surface area contributed by atoms with Gasteiger partial charge in [-0.15, -0.1) is 0 Å². The van der Waals surface area contributed by atoms with Crippen molar-refractivity contribution in [3.63, 3.8) is 0 Å². The molecule has 0 spiro atoms. The van der Waals surface area contributed by atoms with Gasteiger partial charge in [-0.1, -0.05) is 30.3 Å². The Kier molecular flexibility index (Phi) is 2.61. The van der Waals surface area contributed by atoms with Crippen molar-refractivity contribution in [3.8, 4) is 23.0 Å². The molecule has 0 aliphatic heterocycles. The largest absolute Gasteiger partial charge is 0.289 e. The van der Waals surface area contributed by atoms with Gasteiger partial charge in [0.1, 0.15) is 17.6 Å². The van der Waals surface area contributed by atoms with Gasteiger partial charge in [-0.3, -0.25) is 4.57 Å². The lowest BCUT2D eigenvalue weighted by Crippen LogP contribution is -2.09. The van der Waals surface area contributed by atoms with Crippen molar-refractivity contribution >= 4 is 0 Å². The molecule has 0 amide bonds. The minimum atomic E-state index is 0.649. The number of aryl methyl sites for hydroxylation is 1. The fraction of sp³-hybridized carbons (Fsp3) is 0.111. The first-order valence-corrected chi connectivity index (χ1v) is 7.03. The number of fused-ring (bicyclic) bond motifs is 3. The maximum atomic E-state index is 9.48. The Bertz CT molecular complexity index is 854. The van der Waals surface area contributed by atoms with Gasteiger partial charge in [0.25, 0.3) is 0 Å². The normalized spacial score (nSPS) is 12.3. The summed E-state index contributed by atoms with van der Waals surface area (Å²) in [5.74, 6) is 0.815. The van der Waals surface area contributed by atoms with Gasteiger partial charge in [0.05, 0.1) is 0 Å². The Labute approximate surface area is 123 Å². The molecule has 0 unspecified atom stereocenters. The van der Waals surface area contributed by atoms with Gasteiger partial charge in [-0.2, -0.15) is 5.26 Å². The van der Waals surface area contributed by atoms with Gasteiger partial charge < -0.3 is 0 Å². The predicted molar refractivity (Wildman–Crippen MR) is 81.1 cm³/mol. The number of hydrogen-bond acceptors (Lipinski definition) is 2. The number of rotatable bonds is 1. The first-order valence-electron chi connectivity index (χ1n) is 7.03. The Balaban J connectivity index is 2.00. The van der Waals surface area contributed by atoms with Crippen molar-refractivity contribution in [1.29, 1.82) is 5.26 Å². The molecule has 1 aliphatic rings. The van der Waals surface area contributed by atoms with E-state index in [9.17, 15) is 5.26 Å². The van der Waals surface area contributed by atoms with E-state index >= 15 is 0 Å². The Morgan fingerprint density at radius 1 is 1.00 bits per heavy atom. The van der Waals surface area contributed by atoms with E-state index in [1.807, 2.05) is 28.8 Å². The summed E-state index contributed by atoms with van der Waals surface area (Å²) in [5, 5.41) is 9.48. The first-order chi connectivity index (χ1) is 10.4. The number of pyridine rings is 1. The molecule has 0 saturated heterocycles. The van der Waals surface area contributed by atoms with Crippen LogP contribution in [0.4, 0.5) is 0 Å². The van der Waals surface area contributed by atoms with E-state index in [1.54, 1.807) is 6.20 Å². The van der Waals surface area contributed by atoms with Crippen LogP contribution in [0.1, 0.15) is 17.0 Å².